The van der Waals surface area contributed by atoms with Crippen LogP contribution in [0.2, 0.25) is 0 Å². The first kappa shape index (κ1) is 17.5. The van der Waals surface area contributed by atoms with Crippen molar-refractivity contribution in [3.05, 3.63) is 51.3 Å². The summed E-state index contributed by atoms with van der Waals surface area (Å²) >= 11 is 2.09. The van der Waals surface area contributed by atoms with Crippen LogP contribution in [0.3, 0.4) is 0 Å². The maximum atomic E-state index is 13.6. The van der Waals surface area contributed by atoms with E-state index in [4.69, 9.17) is 9.47 Å². The summed E-state index contributed by atoms with van der Waals surface area (Å²) in [6, 6.07) is 9.30. The van der Waals surface area contributed by atoms with Gasteiger partial charge in [0.25, 0.3) is 5.91 Å². The van der Waals surface area contributed by atoms with Crippen molar-refractivity contribution in [2.45, 2.75) is 13.3 Å². The van der Waals surface area contributed by atoms with E-state index < -0.39 is 11.7 Å². The minimum Gasteiger partial charge on any atom is -0.493 e. The molecule has 23 heavy (non-hydrogen) atoms. The number of anilines is 1. The topological polar surface area (TPSA) is 47.6 Å². The average Bonchev–Trinajstić information content (AvgIpc) is 2.55. The Morgan fingerprint density at radius 1 is 1.30 bits per heavy atom. The van der Waals surface area contributed by atoms with Gasteiger partial charge in [0.1, 0.15) is 5.82 Å². The number of amides is 1. The van der Waals surface area contributed by atoms with Crippen molar-refractivity contribution in [2.24, 2.45) is 0 Å². The fraction of sp³-hybridized carbons (Fsp3) is 0.235. The lowest BCUT2D eigenvalue weighted by molar-refractivity contribution is 0.102. The van der Waals surface area contributed by atoms with E-state index in [0.717, 1.165) is 9.99 Å². The van der Waals surface area contributed by atoms with E-state index in [1.807, 2.05) is 6.92 Å². The van der Waals surface area contributed by atoms with Crippen molar-refractivity contribution >= 4 is 34.2 Å². The largest absolute Gasteiger partial charge is 0.493 e. The Bertz CT molecular complexity index is 706. The second-order valence-electron chi connectivity index (χ2n) is 4.77. The predicted octanol–water partition coefficient (Wildman–Crippen LogP) is 4.48. The molecule has 2 aromatic rings. The first-order valence-corrected chi connectivity index (χ1v) is 8.21. The van der Waals surface area contributed by atoms with E-state index in [0.29, 0.717) is 23.7 Å². The molecule has 0 aromatic heterocycles. The molecule has 4 nitrogen and oxygen atoms in total. The number of ether oxygens (including phenoxy) is 2. The lowest BCUT2D eigenvalue weighted by Crippen LogP contribution is -2.14. The van der Waals surface area contributed by atoms with Crippen LogP contribution in [0.5, 0.6) is 11.5 Å². The zero-order chi connectivity index (χ0) is 16.8. The van der Waals surface area contributed by atoms with Gasteiger partial charge >= 0.3 is 0 Å². The van der Waals surface area contributed by atoms with E-state index in [-0.39, 0.29) is 5.69 Å². The van der Waals surface area contributed by atoms with E-state index in [9.17, 15) is 9.18 Å². The first-order valence-electron chi connectivity index (χ1n) is 7.13. The van der Waals surface area contributed by atoms with Gasteiger partial charge in [-0.1, -0.05) is 19.1 Å². The third kappa shape index (κ3) is 4.34. The molecule has 0 atom stereocenters. The fourth-order valence-electron chi connectivity index (χ4n) is 1.95. The van der Waals surface area contributed by atoms with Gasteiger partial charge in [0, 0.05) is 5.56 Å². The summed E-state index contributed by atoms with van der Waals surface area (Å²) in [6.07, 6.45) is 0.870. The highest BCUT2D eigenvalue weighted by Gasteiger charge is 2.16. The van der Waals surface area contributed by atoms with Gasteiger partial charge in [0.15, 0.2) is 11.5 Å². The first-order chi connectivity index (χ1) is 11.1. The van der Waals surface area contributed by atoms with Crippen LogP contribution >= 0.6 is 22.6 Å². The summed E-state index contributed by atoms with van der Waals surface area (Å²) in [4.78, 5) is 12.3. The van der Waals surface area contributed by atoms with Crippen molar-refractivity contribution in [3.8, 4) is 11.5 Å². The molecule has 2 aromatic carbocycles. The molecule has 1 N–H and O–H groups in total. The average molecular weight is 429 g/mol. The molecule has 122 valence electrons. The fourth-order valence-corrected chi connectivity index (χ4v) is 2.71. The third-order valence-electron chi connectivity index (χ3n) is 3.06. The van der Waals surface area contributed by atoms with Crippen molar-refractivity contribution in [3.63, 3.8) is 0 Å². The summed E-state index contributed by atoms with van der Waals surface area (Å²) < 4.78 is 25.4. The minimum atomic E-state index is -0.481. The van der Waals surface area contributed by atoms with Crippen LogP contribution < -0.4 is 14.8 Å². The van der Waals surface area contributed by atoms with Gasteiger partial charge in [0.05, 0.1) is 23.0 Å². The normalized spacial score (nSPS) is 10.3. The summed E-state index contributed by atoms with van der Waals surface area (Å²) in [5.41, 5.74) is 0.510. The molecule has 0 bridgehead atoms. The number of halogens is 2. The number of hydrogen-bond donors (Lipinski definition) is 1. The number of carbonyl (C=O) groups excluding carboxylic acids is 1. The highest BCUT2D eigenvalue weighted by Crippen LogP contribution is 2.34. The van der Waals surface area contributed by atoms with Crippen LogP contribution in [-0.4, -0.2) is 19.6 Å². The highest BCUT2D eigenvalue weighted by atomic mass is 127. The maximum Gasteiger partial charge on any atom is 0.255 e. The van der Waals surface area contributed by atoms with Gasteiger partial charge in [-0.3, -0.25) is 4.79 Å². The Morgan fingerprint density at radius 3 is 2.70 bits per heavy atom. The summed E-state index contributed by atoms with van der Waals surface area (Å²) in [6.45, 7) is 2.57. The minimum absolute atomic E-state index is 0.137. The molecule has 0 aliphatic heterocycles. The Morgan fingerprint density at radius 2 is 2.04 bits per heavy atom. The Kier molecular flexibility index (Phi) is 6.20. The van der Waals surface area contributed by atoms with Crippen LogP contribution in [0.15, 0.2) is 36.4 Å². The van der Waals surface area contributed by atoms with Crippen molar-refractivity contribution < 1.29 is 18.7 Å². The molecule has 2 rings (SSSR count). The molecule has 1 amide bonds. The van der Waals surface area contributed by atoms with Crippen LogP contribution in [-0.2, 0) is 0 Å². The lowest BCUT2D eigenvalue weighted by Gasteiger charge is -2.14. The number of nitrogens with one attached hydrogen (secondary N) is 1. The second kappa shape index (κ2) is 8.14. The zero-order valence-corrected chi connectivity index (χ0v) is 15.0. The lowest BCUT2D eigenvalue weighted by atomic mass is 10.1. The van der Waals surface area contributed by atoms with E-state index >= 15 is 0 Å². The number of rotatable bonds is 6. The van der Waals surface area contributed by atoms with Crippen LogP contribution in [0.25, 0.3) is 0 Å². The highest BCUT2D eigenvalue weighted by molar-refractivity contribution is 14.1. The van der Waals surface area contributed by atoms with Gasteiger partial charge in [0.2, 0.25) is 0 Å². The van der Waals surface area contributed by atoms with Gasteiger partial charge in [-0.15, -0.1) is 0 Å². The molecule has 0 saturated carbocycles. The standard InChI is InChI=1S/C17H17FINO3/c1-3-8-23-16-13(19)9-11(10-15(16)22-2)17(21)20-14-7-5-4-6-12(14)18/h4-7,9-10H,3,8H2,1-2H3,(H,20,21). The van der Waals surface area contributed by atoms with E-state index in [1.54, 1.807) is 24.3 Å². The quantitative estimate of drug-likeness (QED) is 0.689. The predicted molar refractivity (Wildman–Crippen MR) is 95.9 cm³/mol. The summed E-state index contributed by atoms with van der Waals surface area (Å²) in [5, 5.41) is 2.55. The van der Waals surface area contributed by atoms with Crippen LogP contribution in [0, 0.1) is 9.39 Å². The van der Waals surface area contributed by atoms with Crippen molar-refractivity contribution in [1.82, 2.24) is 0 Å². The smallest absolute Gasteiger partial charge is 0.255 e. The molecular weight excluding hydrogens is 412 g/mol. The van der Waals surface area contributed by atoms with Crippen molar-refractivity contribution in [1.29, 1.82) is 0 Å². The Labute approximate surface area is 148 Å². The number of methoxy groups -OCH3 is 1. The monoisotopic (exact) mass is 429 g/mol. The number of hydrogen-bond acceptors (Lipinski definition) is 3. The molecular formula is C17H17FINO3. The van der Waals surface area contributed by atoms with Crippen LogP contribution in [0.1, 0.15) is 23.7 Å². The molecule has 6 heteroatoms. The molecule has 0 unspecified atom stereocenters. The molecule has 0 fully saturated rings. The van der Waals surface area contributed by atoms with Gasteiger partial charge in [-0.05, 0) is 53.3 Å². The number of benzene rings is 2. The van der Waals surface area contributed by atoms with Gasteiger partial charge in [-0.25, -0.2) is 4.39 Å². The SMILES string of the molecule is CCCOc1c(I)cc(C(=O)Nc2ccccc2F)cc1OC. The van der Waals surface area contributed by atoms with Gasteiger partial charge < -0.3 is 14.8 Å². The molecule has 0 aliphatic rings. The molecule has 0 aliphatic carbocycles. The second-order valence-corrected chi connectivity index (χ2v) is 5.93. The number of para-hydroxylation sites is 1. The third-order valence-corrected chi connectivity index (χ3v) is 3.87. The maximum absolute atomic E-state index is 13.6. The summed E-state index contributed by atoms with van der Waals surface area (Å²) in [7, 11) is 1.52. The molecule has 0 spiro atoms. The van der Waals surface area contributed by atoms with Gasteiger partial charge in [-0.2, -0.15) is 0 Å². The Hall–Kier alpha value is -1.83. The van der Waals surface area contributed by atoms with Crippen LogP contribution in [0.4, 0.5) is 10.1 Å². The van der Waals surface area contributed by atoms with E-state index in [2.05, 4.69) is 27.9 Å². The Balaban J connectivity index is 2.27. The number of carbonyl (C=O) groups is 1. The van der Waals surface area contributed by atoms with E-state index in [1.165, 1.54) is 19.2 Å². The molecule has 0 saturated heterocycles. The molecule has 0 radical (unpaired) electrons. The zero-order valence-electron chi connectivity index (χ0n) is 12.9. The molecule has 0 heterocycles. The van der Waals surface area contributed by atoms with Crippen molar-refractivity contribution in [2.75, 3.05) is 19.0 Å². The summed E-state index contributed by atoms with van der Waals surface area (Å²) in [5.74, 6) is 0.195.